The summed E-state index contributed by atoms with van der Waals surface area (Å²) in [5.41, 5.74) is 0.712. The van der Waals surface area contributed by atoms with Crippen LogP contribution in [0.25, 0.3) is 0 Å². The van der Waals surface area contributed by atoms with Gasteiger partial charge in [0, 0.05) is 10.6 Å². The van der Waals surface area contributed by atoms with E-state index in [1.807, 2.05) is 13.8 Å². The first kappa shape index (κ1) is 14.8. The zero-order valence-electron chi connectivity index (χ0n) is 11.3. The number of halogens is 2. The topological polar surface area (TPSA) is 29.5 Å². The van der Waals surface area contributed by atoms with Crippen molar-refractivity contribution in [2.45, 2.75) is 26.1 Å². The van der Waals surface area contributed by atoms with Crippen LogP contribution >= 0.6 is 11.6 Å². The van der Waals surface area contributed by atoms with Gasteiger partial charge in [-0.15, -0.1) is 0 Å². The van der Waals surface area contributed by atoms with Crippen LogP contribution in [0.3, 0.4) is 0 Å². The van der Waals surface area contributed by atoms with Crippen LogP contribution in [0.4, 0.5) is 4.39 Å². The fourth-order valence-corrected chi connectivity index (χ4v) is 2.11. The number of hydrogen-bond acceptors (Lipinski definition) is 2. The van der Waals surface area contributed by atoms with Crippen molar-refractivity contribution >= 4 is 11.6 Å². The summed E-state index contributed by atoms with van der Waals surface area (Å²) in [5, 5.41) is 10.7. The third kappa shape index (κ3) is 3.50. The lowest BCUT2D eigenvalue weighted by Gasteiger charge is -2.15. The van der Waals surface area contributed by atoms with Crippen molar-refractivity contribution in [3.8, 4) is 5.75 Å². The predicted octanol–water partition coefficient (Wildman–Crippen LogP) is 4.35. The summed E-state index contributed by atoms with van der Waals surface area (Å²) in [6.07, 6.45) is -1.05. The van der Waals surface area contributed by atoms with Crippen molar-refractivity contribution in [3.63, 3.8) is 0 Å². The van der Waals surface area contributed by atoms with Gasteiger partial charge in [-0.25, -0.2) is 4.39 Å². The molecule has 0 saturated heterocycles. The summed E-state index contributed by atoms with van der Waals surface area (Å²) in [6, 6.07) is 11.1. The first-order chi connectivity index (χ1) is 9.47. The Morgan fingerprint density at radius 3 is 2.60 bits per heavy atom. The van der Waals surface area contributed by atoms with Gasteiger partial charge < -0.3 is 9.84 Å². The molecule has 0 saturated carbocycles. The molecule has 106 valence electrons. The Morgan fingerprint density at radius 1 is 1.15 bits per heavy atom. The van der Waals surface area contributed by atoms with Crippen LogP contribution < -0.4 is 4.74 Å². The van der Waals surface area contributed by atoms with Crippen LogP contribution in [-0.2, 0) is 0 Å². The van der Waals surface area contributed by atoms with Crippen LogP contribution in [0.1, 0.15) is 31.1 Å². The van der Waals surface area contributed by atoms with Crippen LogP contribution in [0.2, 0.25) is 5.02 Å². The Labute approximate surface area is 122 Å². The van der Waals surface area contributed by atoms with Crippen molar-refractivity contribution in [1.82, 2.24) is 0 Å². The van der Waals surface area contributed by atoms with E-state index in [1.54, 1.807) is 24.3 Å². The third-order valence-electron chi connectivity index (χ3n) is 2.80. The van der Waals surface area contributed by atoms with Gasteiger partial charge in [-0.2, -0.15) is 0 Å². The molecule has 2 nitrogen and oxygen atoms in total. The largest absolute Gasteiger partial charge is 0.491 e. The Hall–Kier alpha value is -1.58. The lowest BCUT2D eigenvalue weighted by Crippen LogP contribution is -2.07. The molecule has 0 radical (unpaired) electrons. The minimum Gasteiger partial charge on any atom is -0.491 e. The number of ether oxygens (including phenoxy) is 1. The summed E-state index contributed by atoms with van der Waals surface area (Å²) in [4.78, 5) is 0. The summed E-state index contributed by atoms with van der Waals surface area (Å²) in [7, 11) is 0. The molecule has 20 heavy (non-hydrogen) atoms. The van der Waals surface area contributed by atoms with E-state index in [1.165, 1.54) is 18.2 Å². The molecule has 4 heteroatoms. The number of rotatable bonds is 4. The molecule has 2 aromatic rings. The van der Waals surface area contributed by atoms with Crippen molar-refractivity contribution < 1.29 is 14.2 Å². The van der Waals surface area contributed by atoms with Gasteiger partial charge in [0.05, 0.1) is 6.10 Å². The van der Waals surface area contributed by atoms with Gasteiger partial charge >= 0.3 is 0 Å². The van der Waals surface area contributed by atoms with Crippen molar-refractivity contribution in [3.05, 3.63) is 64.4 Å². The number of hydrogen-bond donors (Lipinski definition) is 1. The van der Waals surface area contributed by atoms with Crippen LogP contribution in [-0.4, -0.2) is 11.2 Å². The average molecular weight is 295 g/mol. The maximum Gasteiger partial charge on any atom is 0.129 e. The molecule has 0 amide bonds. The summed E-state index contributed by atoms with van der Waals surface area (Å²) >= 11 is 5.85. The molecule has 0 aliphatic heterocycles. The van der Waals surface area contributed by atoms with E-state index in [-0.39, 0.29) is 11.7 Å². The average Bonchev–Trinajstić information content (AvgIpc) is 2.40. The Balaban J connectivity index is 2.33. The third-order valence-corrected chi connectivity index (χ3v) is 3.03. The molecule has 0 bridgehead atoms. The number of aliphatic hydroxyl groups excluding tert-OH is 1. The van der Waals surface area contributed by atoms with E-state index in [9.17, 15) is 9.50 Å². The highest BCUT2D eigenvalue weighted by Gasteiger charge is 2.16. The molecule has 0 heterocycles. The molecular weight excluding hydrogens is 279 g/mol. The van der Waals surface area contributed by atoms with Gasteiger partial charge in [0.2, 0.25) is 0 Å². The highest BCUT2D eigenvalue weighted by atomic mass is 35.5. The normalized spacial score (nSPS) is 12.5. The molecule has 2 aromatic carbocycles. The van der Waals surface area contributed by atoms with Crippen LogP contribution in [0.5, 0.6) is 5.75 Å². The first-order valence-corrected chi connectivity index (χ1v) is 6.75. The van der Waals surface area contributed by atoms with Crippen LogP contribution in [0, 0.1) is 5.82 Å². The van der Waals surface area contributed by atoms with Gasteiger partial charge in [0.1, 0.15) is 17.7 Å². The highest BCUT2D eigenvalue weighted by Crippen LogP contribution is 2.29. The second kappa shape index (κ2) is 6.25. The molecule has 0 aromatic heterocycles. The van der Waals surface area contributed by atoms with Crippen molar-refractivity contribution in [2.75, 3.05) is 0 Å². The summed E-state index contributed by atoms with van der Waals surface area (Å²) in [6.45, 7) is 3.83. The number of aliphatic hydroxyl groups is 1. The smallest absolute Gasteiger partial charge is 0.129 e. The standard InChI is InChI=1S/C16H16ClFO2/c1-10(2)20-13-5-3-4-11(8-13)16(19)14-9-12(17)6-7-15(14)18/h3-10,16,19H,1-2H3. The monoisotopic (exact) mass is 294 g/mol. The summed E-state index contributed by atoms with van der Waals surface area (Å²) in [5.74, 6) is 0.149. The van der Waals surface area contributed by atoms with Crippen molar-refractivity contribution in [1.29, 1.82) is 0 Å². The van der Waals surface area contributed by atoms with E-state index in [0.717, 1.165) is 0 Å². The van der Waals surface area contributed by atoms with Crippen molar-refractivity contribution in [2.24, 2.45) is 0 Å². The maximum absolute atomic E-state index is 13.8. The Morgan fingerprint density at radius 2 is 1.90 bits per heavy atom. The summed E-state index contributed by atoms with van der Waals surface area (Å²) < 4.78 is 19.3. The molecule has 2 rings (SSSR count). The quantitative estimate of drug-likeness (QED) is 0.908. The Bertz CT molecular complexity index is 599. The van der Waals surface area contributed by atoms with Gasteiger partial charge in [0.25, 0.3) is 0 Å². The molecule has 0 aliphatic rings. The SMILES string of the molecule is CC(C)Oc1cccc(C(O)c2cc(Cl)ccc2F)c1. The predicted molar refractivity (Wildman–Crippen MR) is 77.7 cm³/mol. The van der Waals surface area contributed by atoms with E-state index in [0.29, 0.717) is 16.3 Å². The molecule has 0 spiro atoms. The van der Waals surface area contributed by atoms with E-state index < -0.39 is 11.9 Å². The fraction of sp³-hybridized carbons (Fsp3) is 0.250. The lowest BCUT2D eigenvalue weighted by atomic mass is 10.0. The fourth-order valence-electron chi connectivity index (χ4n) is 1.93. The molecule has 0 aliphatic carbocycles. The minimum atomic E-state index is -1.08. The lowest BCUT2D eigenvalue weighted by molar-refractivity contribution is 0.212. The maximum atomic E-state index is 13.8. The molecule has 1 N–H and O–H groups in total. The van der Waals surface area contributed by atoms with Gasteiger partial charge in [-0.05, 0) is 49.7 Å². The van der Waals surface area contributed by atoms with Crippen LogP contribution in [0.15, 0.2) is 42.5 Å². The highest BCUT2D eigenvalue weighted by molar-refractivity contribution is 6.30. The second-order valence-electron chi connectivity index (χ2n) is 4.81. The molecule has 0 fully saturated rings. The zero-order chi connectivity index (χ0) is 14.7. The van der Waals surface area contributed by atoms with E-state index >= 15 is 0 Å². The first-order valence-electron chi connectivity index (χ1n) is 6.37. The van der Waals surface area contributed by atoms with E-state index in [2.05, 4.69) is 0 Å². The molecular formula is C16H16ClFO2. The second-order valence-corrected chi connectivity index (χ2v) is 5.24. The zero-order valence-corrected chi connectivity index (χ0v) is 12.1. The Kier molecular flexibility index (Phi) is 4.63. The van der Waals surface area contributed by atoms with Gasteiger partial charge in [-0.1, -0.05) is 23.7 Å². The van der Waals surface area contributed by atoms with E-state index in [4.69, 9.17) is 16.3 Å². The minimum absolute atomic E-state index is 0.0327. The molecule has 1 atom stereocenters. The van der Waals surface area contributed by atoms with Gasteiger partial charge in [0.15, 0.2) is 0 Å². The number of benzene rings is 2. The molecule has 1 unspecified atom stereocenters. The van der Waals surface area contributed by atoms with Gasteiger partial charge in [-0.3, -0.25) is 0 Å².